The summed E-state index contributed by atoms with van der Waals surface area (Å²) in [5.74, 6) is 1.65. The van der Waals surface area contributed by atoms with Crippen molar-refractivity contribution in [3.63, 3.8) is 0 Å². The van der Waals surface area contributed by atoms with Gasteiger partial charge in [-0.25, -0.2) is 0 Å². The van der Waals surface area contributed by atoms with Crippen LogP contribution in [0.2, 0.25) is 0 Å². The largest absolute Gasteiger partial charge is 0.393 e. The van der Waals surface area contributed by atoms with Crippen molar-refractivity contribution in [2.45, 2.75) is 65.1 Å². The second-order valence-corrected chi connectivity index (χ2v) is 8.08. The second-order valence-electron chi connectivity index (χ2n) is 8.08. The average molecular weight is 238 g/mol. The first-order valence-corrected chi connectivity index (χ1v) is 7.07. The fourth-order valence-electron chi connectivity index (χ4n) is 5.27. The third-order valence-corrected chi connectivity index (χ3v) is 6.35. The maximum atomic E-state index is 10.3. The Labute approximate surface area is 104 Å². The van der Waals surface area contributed by atoms with Gasteiger partial charge in [-0.1, -0.05) is 13.8 Å². The van der Waals surface area contributed by atoms with Gasteiger partial charge >= 0.3 is 0 Å². The van der Waals surface area contributed by atoms with E-state index < -0.39 is 5.60 Å². The number of hydrogen-bond acceptors (Lipinski definition) is 2. The maximum Gasteiger partial charge on any atom is 0.0644 e. The van der Waals surface area contributed by atoms with Gasteiger partial charge < -0.3 is 10.2 Å². The summed E-state index contributed by atoms with van der Waals surface area (Å²) in [5.41, 5.74) is 0.112. The average Bonchev–Trinajstić information content (AvgIpc) is 2.67. The highest BCUT2D eigenvalue weighted by Crippen LogP contribution is 2.76. The van der Waals surface area contributed by atoms with Crippen LogP contribution in [0.4, 0.5) is 0 Å². The van der Waals surface area contributed by atoms with E-state index in [1.807, 2.05) is 13.8 Å². The highest BCUT2D eigenvalue weighted by Gasteiger charge is 2.69. The molecule has 17 heavy (non-hydrogen) atoms. The minimum Gasteiger partial charge on any atom is -0.393 e. The molecular formula is C15H26O2. The van der Waals surface area contributed by atoms with Crippen LogP contribution >= 0.6 is 0 Å². The summed E-state index contributed by atoms with van der Waals surface area (Å²) in [6.07, 6.45) is 4.25. The monoisotopic (exact) mass is 238 g/mol. The molecule has 0 amide bonds. The Morgan fingerprint density at radius 1 is 1.12 bits per heavy atom. The fraction of sp³-hybridized carbons (Fsp3) is 1.00. The number of aliphatic hydroxyl groups is 2. The molecule has 0 bridgehead atoms. The van der Waals surface area contributed by atoms with Crippen LogP contribution in [0.25, 0.3) is 0 Å². The van der Waals surface area contributed by atoms with Crippen LogP contribution in [0, 0.1) is 28.6 Å². The molecule has 2 unspecified atom stereocenters. The molecule has 6 atom stereocenters. The quantitative estimate of drug-likeness (QED) is 0.737. The summed E-state index contributed by atoms with van der Waals surface area (Å²) >= 11 is 0. The zero-order chi connectivity index (χ0) is 12.6. The summed E-state index contributed by atoms with van der Waals surface area (Å²) in [5, 5.41) is 20.6. The molecule has 3 aliphatic rings. The Balaban J connectivity index is 1.88. The van der Waals surface area contributed by atoms with Gasteiger partial charge in [-0.3, -0.25) is 0 Å². The van der Waals surface area contributed by atoms with E-state index in [1.54, 1.807) is 0 Å². The van der Waals surface area contributed by atoms with E-state index in [0.717, 1.165) is 18.8 Å². The van der Waals surface area contributed by atoms with E-state index in [-0.39, 0.29) is 12.0 Å². The SMILES string of the molecule is CC(C)(O)[C@H]1C[C@@H]2[C@@](C)(CC1O)CC1C[C@]12C. The molecule has 3 aliphatic carbocycles. The van der Waals surface area contributed by atoms with Crippen LogP contribution in [0.5, 0.6) is 0 Å². The van der Waals surface area contributed by atoms with Gasteiger partial charge in [0.15, 0.2) is 0 Å². The molecule has 0 aromatic carbocycles. The van der Waals surface area contributed by atoms with Gasteiger partial charge in [-0.15, -0.1) is 0 Å². The molecule has 0 spiro atoms. The zero-order valence-corrected chi connectivity index (χ0v) is 11.5. The van der Waals surface area contributed by atoms with Crippen LogP contribution in [0.15, 0.2) is 0 Å². The molecule has 98 valence electrons. The normalized spacial score (nSPS) is 57.5. The summed E-state index contributed by atoms with van der Waals surface area (Å²) in [6, 6.07) is 0. The third-order valence-electron chi connectivity index (χ3n) is 6.35. The fourth-order valence-corrected chi connectivity index (χ4v) is 5.27. The molecule has 3 rings (SSSR count). The van der Waals surface area contributed by atoms with Gasteiger partial charge in [0.25, 0.3) is 0 Å². The Bertz CT molecular complexity index is 345. The highest BCUT2D eigenvalue weighted by atomic mass is 16.3. The van der Waals surface area contributed by atoms with E-state index in [1.165, 1.54) is 12.8 Å². The van der Waals surface area contributed by atoms with E-state index in [2.05, 4.69) is 13.8 Å². The van der Waals surface area contributed by atoms with Gasteiger partial charge in [-0.05, 0) is 62.2 Å². The second kappa shape index (κ2) is 3.08. The van der Waals surface area contributed by atoms with Crippen molar-refractivity contribution in [2.75, 3.05) is 0 Å². The van der Waals surface area contributed by atoms with E-state index in [4.69, 9.17) is 0 Å². The van der Waals surface area contributed by atoms with E-state index in [9.17, 15) is 10.2 Å². The van der Waals surface area contributed by atoms with Crippen molar-refractivity contribution in [1.29, 1.82) is 0 Å². The molecule has 0 aromatic rings. The smallest absolute Gasteiger partial charge is 0.0644 e. The molecule has 0 saturated heterocycles. The van der Waals surface area contributed by atoms with E-state index in [0.29, 0.717) is 16.7 Å². The van der Waals surface area contributed by atoms with Crippen molar-refractivity contribution in [2.24, 2.45) is 28.6 Å². The van der Waals surface area contributed by atoms with Crippen LogP contribution in [-0.4, -0.2) is 21.9 Å². The Morgan fingerprint density at radius 3 is 2.35 bits per heavy atom. The number of fused-ring (bicyclic) bond motifs is 3. The maximum absolute atomic E-state index is 10.3. The summed E-state index contributed by atoms with van der Waals surface area (Å²) in [6.45, 7) is 8.49. The lowest BCUT2D eigenvalue weighted by atomic mass is 9.58. The van der Waals surface area contributed by atoms with Gasteiger partial charge in [0.05, 0.1) is 11.7 Å². The first kappa shape index (κ1) is 12.0. The van der Waals surface area contributed by atoms with Gasteiger partial charge in [0.2, 0.25) is 0 Å². The molecule has 0 aliphatic heterocycles. The minimum atomic E-state index is -0.746. The number of aliphatic hydroxyl groups excluding tert-OH is 1. The predicted molar refractivity (Wildman–Crippen MR) is 67.5 cm³/mol. The lowest BCUT2D eigenvalue weighted by Gasteiger charge is -2.49. The first-order valence-electron chi connectivity index (χ1n) is 7.07. The molecule has 0 aromatic heterocycles. The molecule has 3 saturated carbocycles. The van der Waals surface area contributed by atoms with Crippen molar-refractivity contribution in [3.05, 3.63) is 0 Å². The van der Waals surface area contributed by atoms with Crippen molar-refractivity contribution in [3.8, 4) is 0 Å². The minimum absolute atomic E-state index is 0.0525. The van der Waals surface area contributed by atoms with Crippen LogP contribution in [0.3, 0.4) is 0 Å². The predicted octanol–water partition coefficient (Wildman–Crippen LogP) is 2.58. The topological polar surface area (TPSA) is 40.5 Å². The van der Waals surface area contributed by atoms with Crippen LogP contribution in [0.1, 0.15) is 53.4 Å². The summed E-state index contributed by atoms with van der Waals surface area (Å²) in [7, 11) is 0. The molecular weight excluding hydrogens is 212 g/mol. The molecule has 2 heteroatoms. The lowest BCUT2D eigenvalue weighted by molar-refractivity contribution is -0.115. The number of hydrogen-bond donors (Lipinski definition) is 2. The molecule has 2 N–H and O–H groups in total. The molecule has 3 fully saturated rings. The van der Waals surface area contributed by atoms with Crippen molar-refractivity contribution < 1.29 is 10.2 Å². The number of rotatable bonds is 1. The third kappa shape index (κ3) is 1.53. The van der Waals surface area contributed by atoms with Crippen LogP contribution < -0.4 is 0 Å². The molecule has 2 nitrogen and oxygen atoms in total. The Hall–Kier alpha value is -0.0800. The Morgan fingerprint density at radius 2 is 1.76 bits per heavy atom. The zero-order valence-electron chi connectivity index (χ0n) is 11.5. The van der Waals surface area contributed by atoms with Crippen molar-refractivity contribution >= 4 is 0 Å². The molecule has 0 heterocycles. The summed E-state index contributed by atoms with van der Waals surface area (Å²) in [4.78, 5) is 0. The first-order chi connectivity index (χ1) is 7.67. The van der Waals surface area contributed by atoms with Crippen molar-refractivity contribution in [1.82, 2.24) is 0 Å². The lowest BCUT2D eigenvalue weighted by Crippen LogP contribution is -2.50. The standard InChI is InChI=1S/C15H26O2/c1-13(2,17)10-5-12-14(3,8-11(10)16)6-9-7-15(9,12)4/h9-12,16-17H,5-8H2,1-4H3/t9?,10-,11?,12+,14+,15+/m0/s1. The van der Waals surface area contributed by atoms with E-state index >= 15 is 0 Å². The van der Waals surface area contributed by atoms with Gasteiger partial charge in [0, 0.05) is 5.92 Å². The van der Waals surface area contributed by atoms with Gasteiger partial charge in [-0.2, -0.15) is 0 Å². The highest BCUT2D eigenvalue weighted by molar-refractivity contribution is 5.18. The summed E-state index contributed by atoms with van der Waals surface area (Å²) < 4.78 is 0. The Kier molecular flexibility index (Phi) is 2.17. The van der Waals surface area contributed by atoms with Crippen LogP contribution in [-0.2, 0) is 0 Å². The molecule has 0 radical (unpaired) electrons. The van der Waals surface area contributed by atoms with Gasteiger partial charge in [0.1, 0.15) is 0 Å².